The topological polar surface area (TPSA) is 106 Å². The Morgan fingerprint density at radius 3 is 2.22 bits per heavy atom. The molecule has 0 spiro atoms. The van der Waals surface area contributed by atoms with E-state index in [4.69, 9.17) is 27.4 Å². The van der Waals surface area contributed by atoms with E-state index in [2.05, 4.69) is 6.58 Å². The van der Waals surface area contributed by atoms with Crippen LogP contribution in [0.1, 0.15) is 20.3 Å². The molecule has 1 rings (SSSR count). The molecule has 0 aromatic carbocycles. The Labute approximate surface area is 139 Å². The van der Waals surface area contributed by atoms with Crippen molar-refractivity contribution >= 4 is 29.5 Å². The fourth-order valence-electron chi connectivity index (χ4n) is 1.89. The summed E-state index contributed by atoms with van der Waals surface area (Å²) in [7, 11) is 0. The van der Waals surface area contributed by atoms with Crippen LogP contribution in [0.25, 0.3) is 0 Å². The summed E-state index contributed by atoms with van der Waals surface area (Å²) in [5, 5.41) is 27.7. The molecule has 1 aliphatic heterocycles. The summed E-state index contributed by atoms with van der Waals surface area (Å²) in [6.07, 6.45) is 3.36. The van der Waals surface area contributed by atoms with Crippen molar-refractivity contribution in [3.63, 3.8) is 0 Å². The van der Waals surface area contributed by atoms with Gasteiger partial charge >= 0.3 is 139 Å². The molecule has 0 aliphatic carbocycles. The van der Waals surface area contributed by atoms with E-state index in [1.807, 2.05) is 0 Å². The Morgan fingerprint density at radius 2 is 1.87 bits per heavy atom. The van der Waals surface area contributed by atoms with Gasteiger partial charge < -0.3 is 0 Å². The molecule has 5 nitrogen and oxygen atoms in total. The van der Waals surface area contributed by atoms with E-state index in [0.717, 1.165) is 5.82 Å². The molecule has 0 aromatic heterocycles. The van der Waals surface area contributed by atoms with Crippen LogP contribution in [0.3, 0.4) is 0 Å². The van der Waals surface area contributed by atoms with Gasteiger partial charge in [0.05, 0.1) is 0 Å². The second kappa shape index (κ2) is 6.31. The molecule has 0 saturated heterocycles. The van der Waals surface area contributed by atoms with E-state index in [0.29, 0.717) is 12.0 Å². The third-order valence-electron chi connectivity index (χ3n) is 3.45. The molecule has 0 atom stereocenters. The summed E-state index contributed by atoms with van der Waals surface area (Å²) in [5.41, 5.74) is -0.569. The van der Waals surface area contributed by atoms with Crippen molar-refractivity contribution < 1.29 is 9.59 Å². The van der Waals surface area contributed by atoms with Gasteiger partial charge in [0.15, 0.2) is 0 Å². The standard InChI is InChI=1S/C16H13ClN3O2P/c1-4-11(3)6-12(14(17)5-2)15(21)13-7-23(8-18,9-19,10-20)16(13)22/h4,6-7H,1,5H2,2-3H3/b11-6-,14-12-. The number of nitrogens with zero attached hydrogens (tertiary/aromatic N) is 3. The van der Waals surface area contributed by atoms with Crippen molar-refractivity contribution in [3.05, 3.63) is 46.3 Å². The average molecular weight is 346 g/mol. The van der Waals surface area contributed by atoms with Gasteiger partial charge in [0.1, 0.15) is 0 Å². The summed E-state index contributed by atoms with van der Waals surface area (Å²) in [6, 6.07) is 0. The second-order valence-corrected chi connectivity index (χ2v) is 9.02. The Morgan fingerprint density at radius 1 is 1.35 bits per heavy atom. The van der Waals surface area contributed by atoms with Crippen LogP contribution in [-0.2, 0) is 9.59 Å². The SMILES string of the molecule is C=C/C(C)=C\C(C(=O)C1=CP(C#N)(C#N)(C#N)C1=O)=C(\Cl)CC. The van der Waals surface area contributed by atoms with Crippen molar-refractivity contribution in [1.82, 2.24) is 0 Å². The van der Waals surface area contributed by atoms with E-state index < -0.39 is 17.9 Å². The van der Waals surface area contributed by atoms with E-state index in [-0.39, 0.29) is 16.2 Å². The van der Waals surface area contributed by atoms with Crippen LogP contribution >= 0.6 is 18.2 Å². The van der Waals surface area contributed by atoms with Crippen LogP contribution in [0, 0.1) is 33.2 Å². The molecule has 1 aliphatic rings. The van der Waals surface area contributed by atoms with Crippen LogP contribution < -0.4 is 0 Å². The third-order valence-corrected chi connectivity index (χ3v) is 7.03. The number of halogens is 1. The zero-order valence-corrected chi connectivity index (χ0v) is 14.3. The molecular weight excluding hydrogens is 333 g/mol. The minimum absolute atomic E-state index is 0.0938. The molecule has 23 heavy (non-hydrogen) atoms. The number of nitriles is 3. The summed E-state index contributed by atoms with van der Waals surface area (Å²) in [4.78, 5) is 24.9. The molecule has 7 heteroatoms. The molecule has 0 radical (unpaired) electrons. The first-order valence-electron chi connectivity index (χ1n) is 6.54. The monoisotopic (exact) mass is 345 g/mol. The first kappa shape index (κ1) is 18.5. The van der Waals surface area contributed by atoms with Crippen molar-refractivity contribution in [2.45, 2.75) is 20.3 Å². The fraction of sp³-hybridized carbons (Fsp3) is 0.188. The van der Waals surface area contributed by atoms with Gasteiger partial charge in [-0.3, -0.25) is 0 Å². The number of rotatable bonds is 5. The van der Waals surface area contributed by atoms with E-state index in [1.54, 1.807) is 31.3 Å². The number of Topliss-reactive ketones (excluding diaryl/α,β-unsaturated/α-hetero) is 1. The summed E-state index contributed by atoms with van der Waals surface area (Å²) in [6.45, 7) is 2.45. The number of carbonyl (C=O) groups excluding carboxylic acids is 2. The Hall–Kier alpha value is -2.51. The van der Waals surface area contributed by atoms with Crippen molar-refractivity contribution in [2.75, 3.05) is 0 Å². The first-order chi connectivity index (χ1) is 10.7. The maximum absolute atomic E-state index is 12.5. The zero-order valence-electron chi connectivity index (χ0n) is 12.6. The van der Waals surface area contributed by atoms with Crippen LogP contribution in [-0.4, -0.2) is 11.3 Å². The molecule has 0 aromatic rings. The van der Waals surface area contributed by atoms with Crippen molar-refractivity contribution in [2.24, 2.45) is 0 Å². The molecule has 1 heterocycles. The van der Waals surface area contributed by atoms with Crippen molar-refractivity contribution in [3.8, 4) is 17.4 Å². The number of hydrogen-bond donors (Lipinski definition) is 0. The van der Waals surface area contributed by atoms with Gasteiger partial charge in [-0.25, -0.2) is 0 Å². The summed E-state index contributed by atoms with van der Waals surface area (Å²) < 4.78 is 0. The van der Waals surface area contributed by atoms with Gasteiger partial charge in [-0.2, -0.15) is 0 Å². The molecule has 0 amide bonds. The Bertz CT molecular complexity index is 805. The summed E-state index contributed by atoms with van der Waals surface area (Å²) >= 11 is 6.06. The van der Waals surface area contributed by atoms with Crippen LogP contribution in [0.5, 0.6) is 0 Å². The van der Waals surface area contributed by atoms with Gasteiger partial charge in [0.25, 0.3) is 0 Å². The quantitative estimate of drug-likeness (QED) is 0.324. The summed E-state index contributed by atoms with van der Waals surface area (Å²) in [5.74, 6) is 4.89. The van der Waals surface area contributed by atoms with Gasteiger partial charge in [0.2, 0.25) is 0 Å². The zero-order chi connectivity index (χ0) is 17.9. The van der Waals surface area contributed by atoms with Gasteiger partial charge in [-0.1, -0.05) is 0 Å². The third kappa shape index (κ3) is 2.64. The molecule has 0 fully saturated rings. The van der Waals surface area contributed by atoms with Gasteiger partial charge in [-0.05, 0) is 0 Å². The molecule has 116 valence electrons. The van der Waals surface area contributed by atoms with E-state index in [9.17, 15) is 9.59 Å². The Balaban J connectivity index is 3.52. The molecule has 0 saturated carbocycles. The van der Waals surface area contributed by atoms with Crippen LogP contribution in [0.4, 0.5) is 0 Å². The number of allylic oxidation sites excluding steroid dienone is 6. The minimum atomic E-state index is -4.57. The predicted molar refractivity (Wildman–Crippen MR) is 89.0 cm³/mol. The van der Waals surface area contributed by atoms with Gasteiger partial charge in [0, 0.05) is 0 Å². The molecule has 0 N–H and O–H groups in total. The number of ketones is 1. The maximum atomic E-state index is 12.5. The fourth-order valence-corrected chi connectivity index (χ4v) is 3.94. The van der Waals surface area contributed by atoms with Crippen LogP contribution in [0.15, 0.2) is 46.3 Å². The first-order valence-corrected chi connectivity index (χ1v) is 9.23. The molecule has 0 bridgehead atoms. The molecular formula is C16H13ClN3O2P. The van der Waals surface area contributed by atoms with E-state index >= 15 is 0 Å². The predicted octanol–water partition coefficient (Wildman–Crippen LogP) is 4.01. The number of carbonyl (C=O) groups is 2. The van der Waals surface area contributed by atoms with Crippen molar-refractivity contribution in [1.29, 1.82) is 15.8 Å². The Kier molecular flexibility index (Phi) is 5.09. The second-order valence-electron chi connectivity index (χ2n) is 4.93. The van der Waals surface area contributed by atoms with Crippen LogP contribution in [0.2, 0.25) is 0 Å². The van der Waals surface area contributed by atoms with Gasteiger partial charge in [-0.15, -0.1) is 0 Å². The number of hydrogen-bond acceptors (Lipinski definition) is 5. The normalized spacial score (nSPS) is 20.9. The van der Waals surface area contributed by atoms with E-state index in [1.165, 1.54) is 12.2 Å². The molecule has 0 unspecified atom stereocenters. The average Bonchev–Trinajstić information content (AvgIpc) is 2.59.